The zero-order valence-electron chi connectivity index (χ0n) is 16.8. The Morgan fingerprint density at radius 1 is 1.16 bits per heavy atom. The van der Waals surface area contributed by atoms with Crippen molar-refractivity contribution >= 4 is 35.1 Å². The molecular weight excluding hydrogens is 418 g/mol. The Morgan fingerprint density at radius 2 is 1.90 bits per heavy atom. The number of nitrogens with one attached hydrogen (secondary N) is 1. The van der Waals surface area contributed by atoms with Crippen LogP contribution in [0, 0.1) is 0 Å². The SMILES string of the molecule is NC(C(=O)CCc1ccc2c(c1)CN(C1CCC(=O)NC1=O)C2=O)c1ccc(Cl)cc1. The van der Waals surface area contributed by atoms with Crippen molar-refractivity contribution in [1.82, 2.24) is 10.2 Å². The van der Waals surface area contributed by atoms with Crippen molar-refractivity contribution in [3.8, 4) is 0 Å². The summed E-state index contributed by atoms with van der Waals surface area (Å²) in [6.07, 6.45) is 1.32. The maximum atomic E-state index is 12.8. The molecule has 0 spiro atoms. The second kappa shape index (κ2) is 8.61. The number of halogens is 1. The van der Waals surface area contributed by atoms with Crippen LogP contribution < -0.4 is 11.1 Å². The molecule has 0 bridgehead atoms. The van der Waals surface area contributed by atoms with Crippen LogP contribution in [0.3, 0.4) is 0 Å². The minimum Gasteiger partial charge on any atom is -0.322 e. The number of aryl methyl sites for hydroxylation is 1. The van der Waals surface area contributed by atoms with Gasteiger partial charge in [-0.3, -0.25) is 24.5 Å². The quantitative estimate of drug-likeness (QED) is 0.671. The lowest BCUT2D eigenvalue weighted by molar-refractivity contribution is -0.137. The summed E-state index contributed by atoms with van der Waals surface area (Å²) in [7, 11) is 0. The summed E-state index contributed by atoms with van der Waals surface area (Å²) in [5.74, 6) is -1.03. The van der Waals surface area contributed by atoms with Gasteiger partial charge < -0.3 is 10.6 Å². The third kappa shape index (κ3) is 4.38. The van der Waals surface area contributed by atoms with Gasteiger partial charge in [0, 0.05) is 30.0 Å². The van der Waals surface area contributed by atoms with E-state index in [1.807, 2.05) is 12.1 Å². The maximum Gasteiger partial charge on any atom is 0.255 e. The molecule has 160 valence electrons. The van der Waals surface area contributed by atoms with E-state index in [2.05, 4.69) is 5.32 Å². The lowest BCUT2D eigenvalue weighted by Crippen LogP contribution is -2.52. The highest BCUT2D eigenvalue weighted by Gasteiger charge is 2.39. The normalized spacial score (nSPS) is 19.2. The zero-order chi connectivity index (χ0) is 22.1. The maximum absolute atomic E-state index is 12.8. The zero-order valence-corrected chi connectivity index (χ0v) is 17.5. The van der Waals surface area contributed by atoms with Gasteiger partial charge in [-0.1, -0.05) is 35.9 Å². The average molecular weight is 440 g/mol. The molecule has 2 aliphatic rings. The van der Waals surface area contributed by atoms with Crippen molar-refractivity contribution < 1.29 is 19.2 Å². The third-order valence-corrected chi connectivity index (χ3v) is 6.08. The fourth-order valence-electron chi connectivity index (χ4n) is 4.06. The second-order valence-electron chi connectivity index (χ2n) is 7.89. The van der Waals surface area contributed by atoms with E-state index in [0.717, 1.165) is 11.1 Å². The minimum atomic E-state index is -0.712. The van der Waals surface area contributed by atoms with Crippen LogP contribution in [0.4, 0.5) is 0 Å². The first-order chi connectivity index (χ1) is 14.8. The molecule has 0 radical (unpaired) electrons. The number of nitrogens with two attached hydrogens (primary N) is 1. The lowest BCUT2D eigenvalue weighted by Gasteiger charge is -2.29. The van der Waals surface area contributed by atoms with E-state index >= 15 is 0 Å². The Kier molecular flexibility index (Phi) is 5.89. The number of carbonyl (C=O) groups is 4. The molecule has 3 N–H and O–H groups in total. The summed E-state index contributed by atoms with van der Waals surface area (Å²) >= 11 is 5.88. The number of Topliss-reactive ketones (excluding diaryl/α,β-unsaturated/α-hetero) is 1. The molecule has 2 aromatic carbocycles. The molecule has 0 saturated carbocycles. The van der Waals surface area contributed by atoms with Crippen molar-refractivity contribution in [2.24, 2.45) is 5.73 Å². The van der Waals surface area contributed by atoms with Crippen LogP contribution in [0.2, 0.25) is 5.02 Å². The molecule has 2 heterocycles. The standard InChI is InChI=1S/C23H22ClN3O4/c24-16-5-3-14(4-6-16)21(25)19(28)9-2-13-1-7-17-15(11-13)12-27(23(17)31)18-8-10-20(29)26-22(18)30/h1,3-7,11,18,21H,2,8-10,12,25H2,(H,26,29,30). The monoisotopic (exact) mass is 439 g/mol. The molecule has 2 unspecified atom stereocenters. The fraction of sp³-hybridized carbons (Fsp3) is 0.304. The number of piperidine rings is 1. The summed E-state index contributed by atoms with van der Waals surface area (Å²) in [4.78, 5) is 50.3. The topological polar surface area (TPSA) is 110 Å². The van der Waals surface area contributed by atoms with E-state index in [9.17, 15) is 19.2 Å². The summed E-state index contributed by atoms with van der Waals surface area (Å²) in [6, 6.07) is 11.0. The molecule has 2 aromatic rings. The van der Waals surface area contributed by atoms with Gasteiger partial charge in [0.25, 0.3) is 5.91 Å². The lowest BCUT2D eigenvalue weighted by atomic mass is 9.97. The molecule has 2 aliphatic heterocycles. The van der Waals surface area contributed by atoms with Crippen LogP contribution in [0.1, 0.15) is 52.4 Å². The number of carbonyl (C=O) groups excluding carboxylic acids is 4. The average Bonchev–Trinajstić information content (AvgIpc) is 3.07. The summed E-state index contributed by atoms with van der Waals surface area (Å²) in [5, 5.41) is 2.88. The molecule has 31 heavy (non-hydrogen) atoms. The van der Waals surface area contributed by atoms with Gasteiger partial charge in [-0.25, -0.2) is 0 Å². The van der Waals surface area contributed by atoms with E-state index in [0.29, 0.717) is 35.5 Å². The second-order valence-corrected chi connectivity index (χ2v) is 8.32. The smallest absolute Gasteiger partial charge is 0.255 e. The summed E-state index contributed by atoms with van der Waals surface area (Å²) < 4.78 is 0. The number of ketones is 1. The van der Waals surface area contributed by atoms with Gasteiger partial charge in [0.05, 0.1) is 6.04 Å². The Labute approximate surface area is 184 Å². The molecule has 1 fully saturated rings. The van der Waals surface area contributed by atoms with Crippen molar-refractivity contribution in [3.05, 3.63) is 69.7 Å². The van der Waals surface area contributed by atoms with E-state index < -0.39 is 18.0 Å². The number of fused-ring (bicyclic) bond motifs is 1. The fourth-order valence-corrected chi connectivity index (χ4v) is 4.19. The van der Waals surface area contributed by atoms with Gasteiger partial charge >= 0.3 is 0 Å². The predicted octanol–water partition coefficient (Wildman–Crippen LogP) is 2.30. The van der Waals surface area contributed by atoms with E-state index in [4.69, 9.17) is 17.3 Å². The van der Waals surface area contributed by atoms with Crippen molar-refractivity contribution in [2.45, 2.75) is 44.3 Å². The highest BCUT2D eigenvalue weighted by atomic mass is 35.5. The third-order valence-electron chi connectivity index (χ3n) is 5.82. The Balaban J connectivity index is 1.40. The van der Waals surface area contributed by atoms with Gasteiger partial charge in [0.1, 0.15) is 6.04 Å². The minimum absolute atomic E-state index is 0.0796. The highest BCUT2D eigenvalue weighted by Crippen LogP contribution is 2.28. The Morgan fingerprint density at radius 3 is 2.61 bits per heavy atom. The number of hydrogen-bond donors (Lipinski definition) is 2. The number of imide groups is 1. The van der Waals surface area contributed by atoms with Crippen LogP contribution in [-0.4, -0.2) is 34.4 Å². The highest BCUT2D eigenvalue weighted by molar-refractivity contribution is 6.30. The van der Waals surface area contributed by atoms with Crippen molar-refractivity contribution in [3.63, 3.8) is 0 Å². The first-order valence-electron chi connectivity index (χ1n) is 10.1. The molecule has 0 aliphatic carbocycles. The van der Waals surface area contributed by atoms with Crippen molar-refractivity contribution in [2.75, 3.05) is 0 Å². The first kappa shape index (κ1) is 21.2. The largest absolute Gasteiger partial charge is 0.322 e. The molecule has 7 nitrogen and oxygen atoms in total. The van der Waals surface area contributed by atoms with Crippen LogP contribution in [0.5, 0.6) is 0 Å². The number of hydrogen-bond acceptors (Lipinski definition) is 5. The number of amides is 3. The Hall–Kier alpha value is -3.03. The molecule has 0 aromatic heterocycles. The van der Waals surface area contributed by atoms with E-state index in [-0.39, 0.29) is 30.4 Å². The van der Waals surface area contributed by atoms with E-state index in [1.54, 1.807) is 30.3 Å². The molecular formula is C23H22ClN3O4. The first-order valence-corrected chi connectivity index (χ1v) is 10.5. The molecule has 8 heteroatoms. The van der Waals surface area contributed by atoms with Crippen LogP contribution in [0.25, 0.3) is 0 Å². The van der Waals surface area contributed by atoms with Gasteiger partial charge in [-0.15, -0.1) is 0 Å². The van der Waals surface area contributed by atoms with Crippen LogP contribution in [-0.2, 0) is 27.3 Å². The summed E-state index contributed by atoms with van der Waals surface area (Å²) in [6.45, 7) is 0.312. The van der Waals surface area contributed by atoms with Gasteiger partial charge in [-0.2, -0.15) is 0 Å². The predicted molar refractivity (Wildman–Crippen MR) is 114 cm³/mol. The Bertz CT molecular complexity index is 1070. The molecule has 4 rings (SSSR count). The molecule has 3 amide bonds. The van der Waals surface area contributed by atoms with Gasteiger partial charge in [0.15, 0.2) is 5.78 Å². The number of benzene rings is 2. The van der Waals surface area contributed by atoms with E-state index in [1.165, 1.54) is 4.90 Å². The number of rotatable bonds is 6. The summed E-state index contributed by atoms with van der Waals surface area (Å²) in [5.41, 5.74) is 9.09. The van der Waals surface area contributed by atoms with Crippen molar-refractivity contribution in [1.29, 1.82) is 0 Å². The number of nitrogens with zero attached hydrogens (tertiary/aromatic N) is 1. The van der Waals surface area contributed by atoms with Gasteiger partial charge in [-0.05, 0) is 47.7 Å². The molecule has 2 atom stereocenters. The molecule has 1 saturated heterocycles. The van der Waals surface area contributed by atoms with Crippen LogP contribution in [0.15, 0.2) is 42.5 Å². The van der Waals surface area contributed by atoms with Gasteiger partial charge in [0.2, 0.25) is 11.8 Å². The van der Waals surface area contributed by atoms with Crippen LogP contribution >= 0.6 is 11.6 Å².